The average molecular weight is 510 g/mol. The Balaban J connectivity index is 2.56. The molecular weight excluding hydrogens is 458 g/mol. The summed E-state index contributed by atoms with van der Waals surface area (Å²) in [4.78, 5) is 51.7. The fourth-order valence-electron chi connectivity index (χ4n) is 4.93. The molecule has 1 amide bonds. The van der Waals surface area contributed by atoms with Crippen molar-refractivity contribution >= 4 is 23.6 Å². The molecule has 1 rings (SSSR count). The number of unbranched alkanes of at least 4 members (excludes halogenated alkanes) is 6. The molecule has 0 aliphatic carbocycles. The number of hydrogen-bond donors (Lipinski definition) is 0. The van der Waals surface area contributed by atoms with Crippen molar-refractivity contribution in [2.45, 2.75) is 143 Å². The lowest BCUT2D eigenvalue weighted by atomic mass is 9.90. The van der Waals surface area contributed by atoms with Crippen LogP contribution in [-0.2, 0) is 23.9 Å². The van der Waals surface area contributed by atoms with E-state index in [1.807, 2.05) is 20.8 Å². The molecular formula is C29H51NO6. The summed E-state index contributed by atoms with van der Waals surface area (Å²) >= 11 is 0. The maximum Gasteiger partial charge on any atom is 0.410 e. The standard InChI is InChI=1S/C29H51NO6/c1-5-9-10-11-12-13-14-16-26(32)19-23(18-25(31)15-6-2)20-28(33)36-27-21-24(8-4)30(22-27)29(34)35-17-7-3/h23-24,27H,5-22H2,1-4H3. The van der Waals surface area contributed by atoms with Crippen molar-refractivity contribution in [2.75, 3.05) is 13.2 Å². The third-order valence-electron chi connectivity index (χ3n) is 6.89. The summed E-state index contributed by atoms with van der Waals surface area (Å²) in [6, 6.07) is -0.0161. The molecule has 1 aliphatic rings. The Morgan fingerprint density at radius 3 is 2.03 bits per heavy atom. The molecule has 7 nitrogen and oxygen atoms in total. The number of esters is 1. The number of nitrogens with zero attached hydrogens (tertiary/aromatic N) is 1. The van der Waals surface area contributed by atoms with Crippen molar-refractivity contribution in [3.63, 3.8) is 0 Å². The van der Waals surface area contributed by atoms with Crippen molar-refractivity contribution < 1.29 is 28.7 Å². The molecule has 0 spiro atoms. The van der Waals surface area contributed by atoms with Crippen molar-refractivity contribution in [2.24, 2.45) is 5.92 Å². The SMILES string of the molecule is CCCCCCCCCC(=O)CC(CC(=O)CCC)CC(=O)OC1CC(CC)N(C(=O)OCCC)C1. The van der Waals surface area contributed by atoms with Crippen LogP contribution in [0.3, 0.4) is 0 Å². The van der Waals surface area contributed by atoms with Crippen molar-refractivity contribution in [1.29, 1.82) is 0 Å². The lowest BCUT2D eigenvalue weighted by molar-refractivity contribution is -0.149. The van der Waals surface area contributed by atoms with E-state index in [0.717, 1.165) is 38.5 Å². The quantitative estimate of drug-likeness (QED) is 0.132. The van der Waals surface area contributed by atoms with Crippen LogP contribution in [0.4, 0.5) is 4.79 Å². The summed E-state index contributed by atoms with van der Waals surface area (Å²) in [7, 11) is 0. The molecule has 0 saturated carbocycles. The molecule has 0 aromatic carbocycles. The van der Waals surface area contributed by atoms with Gasteiger partial charge < -0.3 is 14.4 Å². The number of ketones is 2. The zero-order valence-corrected chi connectivity index (χ0v) is 23.4. The average Bonchev–Trinajstić information content (AvgIpc) is 3.24. The first-order valence-corrected chi connectivity index (χ1v) is 14.5. The van der Waals surface area contributed by atoms with Crippen LogP contribution in [0.2, 0.25) is 0 Å². The third-order valence-corrected chi connectivity index (χ3v) is 6.89. The normalized spacial score (nSPS) is 18.2. The third kappa shape index (κ3) is 13.4. The Labute approximate surface area is 219 Å². The highest BCUT2D eigenvalue weighted by atomic mass is 16.6. The highest BCUT2D eigenvalue weighted by Gasteiger charge is 2.37. The first kappa shape index (κ1) is 32.1. The van der Waals surface area contributed by atoms with Gasteiger partial charge in [-0.1, -0.05) is 66.2 Å². The van der Waals surface area contributed by atoms with Crippen molar-refractivity contribution in [3.05, 3.63) is 0 Å². The number of Topliss-reactive ketones (excluding diaryl/α,β-unsaturated/α-hetero) is 2. The number of carbonyl (C=O) groups is 4. The molecule has 0 radical (unpaired) electrons. The van der Waals surface area contributed by atoms with Crippen molar-refractivity contribution in [1.82, 2.24) is 4.90 Å². The van der Waals surface area contributed by atoms with Gasteiger partial charge in [0.2, 0.25) is 0 Å². The van der Waals surface area contributed by atoms with E-state index in [0.29, 0.717) is 32.4 Å². The number of likely N-dealkylation sites (tertiary alicyclic amines) is 1. The van der Waals surface area contributed by atoms with E-state index in [1.54, 1.807) is 4.90 Å². The minimum absolute atomic E-state index is 0.0161. The predicted molar refractivity (Wildman–Crippen MR) is 142 cm³/mol. The van der Waals surface area contributed by atoms with Crippen LogP contribution in [0.25, 0.3) is 0 Å². The smallest absolute Gasteiger partial charge is 0.410 e. The van der Waals surface area contributed by atoms with Crippen LogP contribution >= 0.6 is 0 Å². The molecule has 3 unspecified atom stereocenters. The van der Waals surface area contributed by atoms with E-state index < -0.39 is 5.97 Å². The monoisotopic (exact) mass is 509 g/mol. The summed E-state index contributed by atoms with van der Waals surface area (Å²) in [5.41, 5.74) is 0. The van der Waals surface area contributed by atoms with Gasteiger partial charge >= 0.3 is 12.1 Å². The topological polar surface area (TPSA) is 90.0 Å². The molecule has 1 fully saturated rings. The lowest BCUT2D eigenvalue weighted by Crippen LogP contribution is -2.36. The Morgan fingerprint density at radius 1 is 0.778 bits per heavy atom. The molecule has 0 aromatic heterocycles. The van der Waals surface area contributed by atoms with E-state index in [4.69, 9.17) is 9.47 Å². The maximum atomic E-state index is 12.8. The molecule has 0 aromatic rings. The van der Waals surface area contributed by atoms with Crippen LogP contribution < -0.4 is 0 Å². The molecule has 3 atom stereocenters. The highest BCUT2D eigenvalue weighted by molar-refractivity contribution is 5.83. The molecule has 1 aliphatic heterocycles. The summed E-state index contributed by atoms with van der Waals surface area (Å²) in [6.45, 7) is 8.79. The Bertz CT molecular complexity index is 664. The highest BCUT2D eigenvalue weighted by Crippen LogP contribution is 2.26. The van der Waals surface area contributed by atoms with Gasteiger partial charge in [-0.15, -0.1) is 0 Å². The van der Waals surface area contributed by atoms with Crippen molar-refractivity contribution in [3.8, 4) is 0 Å². The largest absolute Gasteiger partial charge is 0.460 e. The lowest BCUT2D eigenvalue weighted by Gasteiger charge is -2.22. The molecule has 7 heteroatoms. The van der Waals surface area contributed by atoms with E-state index in [-0.39, 0.29) is 55.0 Å². The summed E-state index contributed by atoms with van der Waals surface area (Å²) in [5, 5.41) is 0. The summed E-state index contributed by atoms with van der Waals surface area (Å²) < 4.78 is 11.0. The van der Waals surface area contributed by atoms with Gasteiger partial charge in [0.05, 0.1) is 13.2 Å². The van der Waals surface area contributed by atoms with Crippen LogP contribution in [0, 0.1) is 5.92 Å². The molecule has 0 N–H and O–H groups in total. The number of carbonyl (C=O) groups excluding carboxylic acids is 4. The number of ether oxygens (including phenoxy) is 2. The number of rotatable bonds is 20. The number of hydrogen-bond acceptors (Lipinski definition) is 6. The van der Waals surface area contributed by atoms with E-state index in [1.165, 1.54) is 25.7 Å². The van der Waals surface area contributed by atoms with Gasteiger partial charge in [0, 0.05) is 44.6 Å². The van der Waals surface area contributed by atoms with Crippen LogP contribution in [-0.4, -0.2) is 53.8 Å². The van der Waals surface area contributed by atoms with Gasteiger partial charge in [0.25, 0.3) is 0 Å². The second kappa shape index (κ2) is 19.2. The molecule has 0 bridgehead atoms. The fourth-order valence-corrected chi connectivity index (χ4v) is 4.93. The summed E-state index contributed by atoms with van der Waals surface area (Å²) in [5.74, 6) is -0.488. The minimum Gasteiger partial charge on any atom is -0.460 e. The number of amides is 1. The fraction of sp³-hybridized carbons (Fsp3) is 0.862. The van der Waals surface area contributed by atoms with Gasteiger partial charge in [-0.25, -0.2) is 4.79 Å². The van der Waals surface area contributed by atoms with E-state index in [2.05, 4.69) is 6.92 Å². The second-order valence-electron chi connectivity index (χ2n) is 10.4. The molecule has 1 saturated heterocycles. The predicted octanol–water partition coefficient (Wildman–Crippen LogP) is 6.79. The summed E-state index contributed by atoms with van der Waals surface area (Å²) in [6.07, 6.45) is 11.7. The first-order chi connectivity index (χ1) is 17.3. The zero-order chi connectivity index (χ0) is 26.8. The zero-order valence-electron chi connectivity index (χ0n) is 23.4. The van der Waals surface area contributed by atoms with Crippen LogP contribution in [0.15, 0.2) is 0 Å². The van der Waals surface area contributed by atoms with Crippen LogP contribution in [0.5, 0.6) is 0 Å². The van der Waals surface area contributed by atoms with Gasteiger partial charge in [0.15, 0.2) is 0 Å². The first-order valence-electron chi connectivity index (χ1n) is 14.5. The second-order valence-corrected chi connectivity index (χ2v) is 10.4. The van der Waals surface area contributed by atoms with Crippen LogP contribution in [0.1, 0.15) is 130 Å². The van der Waals surface area contributed by atoms with Gasteiger partial charge in [-0.2, -0.15) is 0 Å². The Kier molecular flexibility index (Phi) is 17.1. The van der Waals surface area contributed by atoms with Gasteiger partial charge in [-0.05, 0) is 31.6 Å². The molecule has 208 valence electrons. The van der Waals surface area contributed by atoms with E-state index >= 15 is 0 Å². The Hall–Kier alpha value is -1.92. The molecule has 1 heterocycles. The van der Waals surface area contributed by atoms with Gasteiger partial charge in [0.1, 0.15) is 17.7 Å². The van der Waals surface area contributed by atoms with E-state index in [9.17, 15) is 19.2 Å². The van der Waals surface area contributed by atoms with Gasteiger partial charge in [-0.3, -0.25) is 14.4 Å². The maximum absolute atomic E-state index is 12.8. The Morgan fingerprint density at radius 2 is 1.42 bits per heavy atom. The molecule has 36 heavy (non-hydrogen) atoms. The minimum atomic E-state index is -0.392.